The van der Waals surface area contributed by atoms with Crippen LogP contribution in [0.25, 0.3) is 0 Å². The SMILES string of the molecule is CC[C@@H]1CN(C(=O)[C@H](C)O)CC[C@H]1C(C)C. The number of hydrogen-bond acceptors (Lipinski definition) is 2. The Balaban J connectivity index is 2.62. The van der Waals surface area contributed by atoms with Gasteiger partial charge in [-0.2, -0.15) is 0 Å². The van der Waals surface area contributed by atoms with Gasteiger partial charge in [0.2, 0.25) is 0 Å². The first-order chi connectivity index (χ1) is 7.47. The van der Waals surface area contributed by atoms with Gasteiger partial charge in [0.15, 0.2) is 0 Å². The number of piperidine rings is 1. The van der Waals surface area contributed by atoms with E-state index in [1.165, 1.54) is 0 Å². The number of likely N-dealkylation sites (tertiary alicyclic amines) is 1. The molecule has 0 spiro atoms. The second-order valence-corrected chi connectivity index (χ2v) is 5.33. The van der Waals surface area contributed by atoms with Gasteiger partial charge in [-0.1, -0.05) is 27.2 Å². The molecule has 1 amide bonds. The number of amides is 1. The zero-order valence-electron chi connectivity index (χ0n) is 10.9. The van der Waals surface area contributed by atoms with Gasteiger partial charge >= 0.3 is 0 Å². The summed E-state index contributed by atoms with van der Waals surface area (Å²) in [5, 5.41) is 9.32. The van der Waals surface area contributed by atoms with Gasteiger partial charge in [0.25, 0.3) is 5.91 Å². The summed E-state index contributed by atoms with van der Waals surface area (Å²) in [6.07, 6.45) is 1.34. The van der Waals surface area contributed by atoms with E-state index < -0.39 is 6.10 Å². The Kier molecular flexibility index (Phi) is 4.78. The van der Waals surface area contributed by atoms with Crippen molar-refractivity contribution in [1.82, 2.24) is 4.90 Å². The van der Waals surface area contributed by atoms with Crippen LogP contribution < -0.4 is 0 Å². The molecule has 3 heteroatoms. The second kappa shape index (κ2) is 5.67. The molecule has 1 rings (SSSR count). The van der Waals surface area contributed by atoms with Crippen molar-refractivity contribution < 1.29 is 9.90 Å². The number of carbonyl (C=O) groups is 1. The lowest BCUT2D eigenvalue weighted by atomic mass is 9.77. The molecule has 3 nitrogen and oxygen atoms in total. The van der Waals surface area contributed by atoms with Crippen LogP contribution in [-0.2, 0) is 4.79 Å². The molecule has 0 unspecified atom stereocenters. The van der Waals surface area contributed by atoms with E-state index in [2.05, 4.69) is 20.8 Å². The maximum absolute atomic E-state index is 11.7. The van der Waals surface area contributed by atoms with Crippen LogP contribution in [0.1, 0.15) is 40.5 Å². The summed E-state index contributed by atoms with van der Waals surface area (Å²) in [5.41, 5.74) is 0. The van der Waals surface area contributed by atoms with E-state index in [0.717, 1.165) is 31.8 Å². The Labute approximate surface area is 98.8 Å². The summed E-state index contributed by atoms with van der Waals surface area (Å²) in [5.74, 6) is 1.90. The van der Waals surface area contributed by atoms with Gasteiger partial charge in [-0.15, -0.1) is 0 Å². The predicted molar refractivity (Wildman–Crippen MR) is 65.0 cm³/mol. The quantitative estimate of drug-likeness (QED) is 0.800. The first kappa shape index (κ1) is 13.5. The highest BCUT2D eigenvalue weighted by Gasteiger charge is 2.32. The van der Waals surface area contributed by atoms with Crippen LogP contribution in [0.2, 0.25) is 0 Å². The summed E-state index contributed by atoms with van der Waals surface area (Å²) in [6, 6.07) is 0. The van der Waals surface area contributed by atoms with Crippen molar-refractivity contribution in [2.45, 2.75) is 46.6 Å². The molecule has 0 radical (unpaired) electrons. The lowest BCUT2D eigenvalue weighted by Crippen LogP contribution is -2.47. The average molecular weight is 227 g/mol. The standard InChI is InChI=1S/C13H25NO2/c1-5-11-8-14(13(16)10(4)15)7-6-12(11)9(2)3/h9-12,15H,5-8H2,1-4H3/t10-,11+,12-/m0/s1. The average Bonchev–Trinajstić information content (AvgIpc) is 2.26. The smallest absolute Gasteiger partial charge is 0.251 e. The molecule has 0 aromatic rings. The van der Waals surface area contributed by atoms with Crippen LogP contribution in [0.5, 0.6) is 0 Å². The molecular formula is C13H25NO2. The van der Waals surface area contributed by atoms with Gasteiger partial charge in [-0.25, -0.2) is 0 Å². The van der Waals surface area contributed by atoms with Crippen LogP contribution in [0, 0.1) is 17.8 Å². The number of carbonyl (C=O) groups excluding carboxylic acids is 1. The van der Waals surface area contributed by atoms with Crippen LogP contribution in [-0.4, -0.2) is 35.1 Å². The van der Waals surface area contributed by atoms with E-state index in [-0.39, 0.29) is 5.91 Å². The molecule has 1 aliphatic heterocycles. The third-order valence-corrected chi connectivity index (χ3v) is 3.84. The molecule has 94 valence electrons. The maximum Gasteiger partial charge on any atom is 0.251 e. The Hall–Kier alpha value is -0.570. The molecule has 16 heavy (non-hydrogen) atoms. The van der Waals surface area contributed by atoms with E-state index in [0.29, 0.717) is 11.8 Å². The van der Waals surface area contributed by atoms with Gasteiger partial charge in [0.1, 0.15) is 6.10 Å². The van der Waals surface area contributed by atoms with Gasteiger partial charge in [-0.3, -0.25) is 4.79 Å². The zero-order valence-corrected chi connectivity index (χ0v) is 10.9. The highest BCUT2D eigenvalue weighted by atomic mass is 16.3. The molecule has 1 saturated heterocycles. The number of aliphatic hydroxyl groups is 1. The third-order valence-electron chi connectivity index (χ3n) is 3.84. The normalized spacial score (nSPS) is 28.2. The molecule has 0 aliphatic carbocycles. The molecule has 1 N–H and O–H groups in total. The van der Waals surface area contributed by atoms with Crippen LogP contribution >= 0.6 is 0 Å². The Bertz CT molecular complexity index is 238. The molecular weight excluding hydrogens is 202 g/mol. The van der Waals surface area contributed by atoms with Gasteiger partial charge < -0.3 is 10.0 Å². The highest BCUT2D eigenvalue weighted by Crippen LogP contribution is 2.32. The van der Waals surface area contributed by atoms with Crippen molar-refractivity contribution in [2.75, 3.05) is 13.1 Å². The summed E-state index contributed by atoms with van der Waals surface area (Å²) >= 11 is 0. The molecule has 0 aromatic carbocycles. The minimum atomic E-state index is -0.854. The third kappa shape index (κ3) is 2.97. The summed E-state index contributed by atoms with van der Waals surface area (Å²) in [7, 11) is 0. The van der Waals surface area contributed by atoms with Crippen molar-refractivity contribution in [3.05, 3.63) is 0 Å². The Morgan fingerprint density at radius 3 is 2.50 bits per heavy atom. The van der Waals surface area contributed by atoms with Crippen molar-refractivity contribution in [2.24, 2.45) is 17.8 Å². The van der Waals surface area contributed by atoms with E-state index in [9.17, 15) is 9.90 Å². The lowest BCUT2D eigenvalue weighted by molar-refractivity contribution is -0.142. The van der Waals surface area contributed by atoms with E-state index in [1.807, 2.05) is 4.90 Å². The van der Waals surface area contributed by atoms with Gasteiger partial charge in [0.05, 0.1) is 0 Å². The number of rotatable bonds is 3. The minimum Gasteiger partial charge on any atom is -0.384 e. The zero-order chi connectivity index (χ0) is 12.3. The van der Waals surface area contributed by atoms with Crippen LogP contribution in [0.15, 0.2) is 0 Å². The summed E-state index contributed by atoms with van der Waals surface area (Å²) in [4.78, 5) is 13.5. The topological polar surface area (TPSA) is 40.5 Å². The van der Waals surface area contributed by atoms with E-state index in [1.54, 1.807) is 6.92 Å². The predicted octanol–water partition coefficient (Wildman–Crippen LogP) is 1.90. The minimum absolute atomic E-state index is 0.111. The summed E-state index contributed by atoms with van der Waals surface area (Å²) in [6.45, 7) is 9.90. The Morgan fingerprint density at radius 2 is 2.06 bits per heavy atom. The van der Waals surface area contributed by atoms with Crippen LogP contribution in [0.4, 0.5) is 0 Å². The van der Waals surface area contributed by atoms with Crippen LogP contribution in [0.3, 0.4) is 0 Å². The number of nitrogens with zero attached hydrogens (tertiary/aromatic N) is 1. The lowest BCUT2D eigenvalue weighted by Gasteiger charge is -2.40. The molecule has 0 bridgehead atoms. The largest absolute Gasteiger partial charge is 0.384 e. The Morgan fingerprint density at radius 1 is 1.44 bits per heavy atom. The van der Waals surface area contributed by atoms with Gasteiger partial charge in [-0.05, 0) is 31.1 Å². The fourth-order valence-electron chi connectivity index (χ4n) is 2.82. The van der Waals surface area contributed by atoms with Crippen molar-refractivity contribution in [1.29, 1.82) is 0 Å². The molecule has 1 heterocycles. The number of aliphatic hydroxyl groups excluding tert-OH is 1. The monoisotopic (exact) mass is 227 g/mol. The molecule has 1 fully saturated rings. The maximum atomic E-state index is 11.7. The fourth-order valence-corrected chi connectivity index (χ4v) is 2.82. The number of hydrogen-bond donors (Lipinski definition) is 1. The second-order valence-electron chi connectivity index (χ2n) is 5.33. The molecule has 0 aromatic heterocycles. The molecule has 3 atom stereocenters. The first-order valence-electron chi connectivity index (χ1n) is 6.44. The highest BCUT2D eigenvalue weighted by molar-refractivity contribution is 5.80. The first-order valence-corrected chi connectivity index (χ1v) is 6.44. The summed E-state index contributed by atoms with van der Waals surface area (Å²) < 4.78 is 0. The fraction of sp³-hybridized carbons (Fsp3) is 0.923. The molecule has 0 saturated carbocycles. The van der Waals surface area contributed by atoms with Gasteiger partial charge in [0, 0.05) is 13.1 Å². The van der Waals surface area contributed by atoms with Crippen molar-refractivity contribution in [3.8, 4) is 0 Å². The van der Waals surface area contributed by atoms with Crippen molar-refractivity contribution in [3.63, 3.8) is 0 Å². The van der Waals surface area contributed by atoms with Crippen molar-refractivity contribution >= 4 is 5.91 Å². The van der Waals surface area contributed by atoms with E-state index >= 15 is 0 Å². The van der Waals surface area contributed by atoms with E-state index in [4.69, 9.17) is 0 Å². The molecule has 1 aliphatic rings.